The molecule has 0 saturated carbocycles. The Kier molecular flexibility index (Phi) is 5.44. The number of phenols is 1. The summed E-state index contributed by atoms with van der Waals surface area (Å²) >= 11 is 2.81. The van der Waals surface area contributed by atoms with Gasteiger partial charge in [0, 0.05) is 18.2 Å². The third kappa shape index (κ3) is 2.78. The summed E-state index contributed by atoms with van der Waals surface area (Å²) in [7, 11) is 0. The third-order valence-electron chi connectivity index (χ3n) is 1.82. The molecule has 0 spiro atoms. The van der Waals surface area contributed by atoms with Gasteiger partial charge in [0.2, 0.25) is 5.82 Å². The molecule has 1 aromatic rings. The zero-order valence-corrected chi connectivity index (χ0v) is 9.91. The van der Waals surface area contributed by atoms with Gasteiger partial charge in [-0.2, -0.15) is 4.39 Å². The standard InChI is InChI=1S/C8H9BrF2N2O.ClH/c9-4-1-3(5(13)2-12)8(14)7(11)6(4)10;/h1,5,14H,2,12-13H2;1H/t5-;/m0./s1. The van der Waals surface area contributed by atoms with Crippen molar-refractivity contribution < 1.29 is 13.9 Å². The van der Waals surface area contributed by atoms with Crippen LogP contribution in [-0.2, 0) is 0 Å². The maximum atomic E-state index is 13.0. The Morgan fingerprint density at radius 1 is 1.40 bits per heavy atom. The topological polar surface area (TPSA) is 72.3 Å². The minimum atomic E-state index is -1.32. The van der Waals surface area contributed by atoms with Crippen LogP contribution in [0.1, 0.15) is 11.6 Å². The Balaban J connectivity index is 0.00000196. The summed E-state index contributed by atoms with van der Waals surface area (Å²) in [4.78, 5) is 0. The second-order valence-electron chi connectivity index (χ2n) is 2.77. The van der Waals surface area contributed by atoms with Gasteiger partial charge in [-0.1, -0.05) is 0 Å². The van der Waals surface area contributed by atoms with Crippen LogP contribution in [0.25, 0.3) is 0 Å². The predicted molar refractivity (Wildman–Crippen MR) is 59.0 cm³/mol. The van der Waals surface area contributed by atoms with Crippen molar-refractivity contribution in [3.05, 3.63) is 27.7 Å². The van der Waals surface area contributed by atoms with Gasteiger partial charge in [-0.25, -0.2) is 4.39 Å². The van der Waals surface area contributed by atoms with E-state index in [4.69, 9.17) is 11.5 Å². The van der Waals surface area contributed by atoms with Crippen LogP contribution in [0.5, 0.6) is 5.75 Å². The summed E-state index contributed by atoms with van der Waals surface area (Å²) in [5, 5.41) is 9.23. The number of benzene rings is 1. The van der Waals surface area contributed by atoms with Gasteiger partial charge < -0.3 is 16.6 Å². The highest BCUT2D eigenvalue weighted by Crippen LogP contribution is 2.32. The zero-order chi connectivity index (χ0) is 10.9. The monoisotopic (exact) mass is 302 g/mol. The molecule has 1 aromatic carbocycles. The average molecular weight is 304 g/mol. The second kappa shape index (κ2) is 5.60. The summed E-state index contributed by atoms with van der Waals surface area (Å²) < 4.78 is 25.8. The number of aromatic hydroxyl groups is 1. The quantitative estimate of drug-likeness (QED) is 0.730. The van der Waals surface area contributed by atoms with Gasteiger partial charge in [0.25, 0.3) is 0 Å². The SMILES string of the molecule is Cl.NC[C@H](N)c1cc(Br)c(F)c(F)c1O. The van der Waals surface area contributed by atoms with Crippen molar-refractivity contribution in [2.45, 2.75) is 6.04 Å². The lowest BCUT2D eigenvalue weighted by atomic mass is 10.1. The molecule has 0 aliphatic rings. The summed E-state index contributed by atoms with van der Waals surface area (Å²) in [5.74, 6) is -3.25. The average Bonchev–Trinajstić information content (AvgIpc) is 2.19. The van der Waals surface area contributed by atoms with Crippen LogP contribution in [0.2, 0.25) is 0 Å². The highest BCUT2D eigenvalue weighted by Gasteiger charge is 2.19. The van der Waals surface area contributed by atoms with Gasteiger partial charge >= 0.3 is 0 Å². The molecule has 0 unspecified atom stereocenters. The lowest BCUT2D eigenvalue weighted by Crippen LogP contribution is -2.21. The molecule has 0 amide bonds. The summed E-state index contributed by atoms with van der Waals surface area (Å²) in [6, 6.07) is 0.493. The number of phenolic OH excluding ortho intramolecular Hbond substituents is 1. The first-order valence-electron chi connectivity index (χ1n) is 3.81. The van der Waals surface area contributed by atoms with E-state index in [1.165, 1.54) is 6.07 Å². The fraction of sp³-hybridized carbons (Fsp3) is 0.250. The molecule has 86 valence electrons. The van der Waals surface area contributed by atoms with Crippen LogP contribution >= 0.6 is 28.3 Å². The van der Waals surface area contributed by atoms with Gasteiger partial charge in [-0.15, -0.1) is 12.4 Å². The molecule has 0 aliphatic heterocycles. The second-order valence-corrected chi connectivity index (χ2v) is 3.62. The Labute approximate surface area is 100.0 Å². The molecule has 0 aromatic heterocycles. The van der Waals surface area contributed by atoms with Crippen molar-refractivity contribution in [1.29, 1.82) is 0 Å². The Morgan fingerprint density at radius 3 is 2.40 bits per heavy atom. The number of hydrogen-bond acceptors (Lipinski definition) is 3. The van der Waals surface area contributed by atoms with Crippen LogP contribution < -0.4 is 11.5 Å². The smallest absolute Gasteiger partial charge is 0.201 e. The molecule has 0 heterocycles. The Morgan fingerprint density at radius 2 is 1.93 bits per heavy atom. The van der Waals surface area contributed by atoms with Gasteiger partial charge in [-0.05, 0) is 22.0 Å². The zero-order valence-electron chi connectivity index (χ0n) is 7.51. The van der Waals surface area contributed by atoms with Crippen LogP contribution in [-0.4, -0.2) is 11.7 Å². The first-order valence-corrected chi connectivity index (χ1v) is 4.60. The fourth-order valence-electron chi connectivity index (χ4n) is 1.01. The van der Waals surface area contributed by atoms with Crippen molar-refractivity contribution in [3.63, 3.8) is 0 Å². The predicted octanol–water partition coefficient (Wildman–Crippen LogP) is 1.81. The van der Waals surface area contributed by atoms with Gasteiger partial charge in [-0.3, -0.25) is 0 Å². The van der Waals surface area contributed by atoms with Crippen LogP contribution in [0.3, 0.4) is 0 Å². The molecule has 1 rings (SSSR count). The summed E-state index contributed by atoms with van der Waals surface area (Å²) in [6.07, 6.45) is 0. The lowest BCUT2D eigenvalue weighted by Gasteiger charge is -2.12. The maximum absolute atomic E-state index is 13.0. The van der Waals surface area contributed by atoms with Crippen LogP contribution in [0, 0.1) is 11.6 Å². The normalized spacial score (nSPS) is 12.1. The van der Waals surface area contributed by atoms with Crippen molar-refractivity contribution >= 4 is 28.3 Å². The summed E-state index contributed by atoms with van der Waals surface area (Å²) in [6.45, 7) is 0.0328. The molecule has 1 atom stereocenters. The molecule has 0 aliphatic carbocycles. The van der Waals surface area contributed by atoms with Crippen molar-refractivity contribution in [2.75, 3.05) is 6.54 Å². The molecule has 5 N–H and O–H groups in total. The van der Waals surface area contributed by atoms with E-state index >= 15 is 0 Å². The van der Waals surface area contributed by atoms with Crippen molar-refractivity contribution in [2.24, 2.45) is 11.5 Å². The van der Waals surface area contributed by atoms with Gasteiger partial charge in [0.05, 0.1) is 4.47 Å². The van der Waals surface area contributed by atoms with Gasteiger partial charge in [0.15, 0.2) is 11.6 Å². The first-order chi connectivity index (χ1) is 6.49. The molecule has 7 heteroatoms. The minimum absolute atomic E-state index is 0. The molecule has 0 fully saturated rings. The highest BCUT2D eigenvalue weighted by molar-refractivity contribution is 9.10. The number of rotatable bonds is 2. The van der Waals surface area contributed by atoms with Crippen LogP contribution in [0.15, 0.2) is 10.5 Å². The van der Waals surface area contributed by atoms with E-state index in [0.717, 1.165) is 0 Å². The fourth-order valence-corrected chi connectivity index (χ4v) is 1.43. The molecule has 3 nitrogen and oxygen atoms in total. The Bertz CT molecular complexity index is 365. The molecular weight excluding hydrogens is 293 g/mol. The maximum Gasteiger partial charge on any atom is 0.201 e. The minimum Gasteiger partial charge on any atom is -0.505 e. The third-order valence-corrected chi connectivity index (χ3v) is 2.40. The molecule has 0 radical (unpaired) electrons. The van der Waals surface area contributed by atoms with E-state index < -0.39 is 23.4 Å². The molecular formula is C8H10BrClF2N2O. The molecule has 15 heavy (non-hydrogen) atoms. The molecule has 0 bridgehead atoms. The van der Waals surface area contributed by atoms with E-state index in [-0.39, 0.29) is 29.0 Å². The highest BCUT2D eigenvalue weighted by atomic mass is 79.9. The number of nitrogens with two attached hydrogens (primary N) is 2. The van der Waals surface area contributed by atoms with Crippen LogP contribution in [0.4, 0.5) is 8.78 Å². The van der Waals surface area contributed by atoms with Gasteiger partial charge in [0.1, 0.15) is 0 Å². The van der Waals surface area contributed by atoms with E-state index in [9.17, 15) is 13.9 Å². The first kappa shape index (κ1) is 14.6. The molecule has 0 saturated heterocycles. The van der Waals surface area contributed by atoms with Crippen molar-refractivity contribution in [1.82, 2.24) is 0 Å². The van der Waals surface area contributed by atoms with E-state index in [2.05, 4.69) is 15.9 Å². The number of hydrogen-bond donors (Lipinski definition) is 3. The summed E-state index contributed by atoms with van der Waals surface area (Å²) in [5.41, 5.74) is 10.8. The Hall–Kier alpha value is -0.430. The lowest BCUT2D eigenvalue weighted by molar-refractivity contribution is 0.396. The van der Waals surface area contributed by atoms with E-state index in [0.29, 0.717) is 0 Å². The van der Waals surface area contributed by atoms with E-state index in [1.54, 1.807) is 0 Å². The largest absolute Gasteiger partial charge is 0.505 e. The van der Waals surface area contributed by atoms with Crippen molar-refractivity contribution in [3.8, 4) is 5.75 Å². The number of halogens is 4. The van der Waals surface area contributed by atoms with E-state index in [1.807, 2.05) is 0 Å².